The molecule has 2 heterocycles. The number of nitrogens with one attached hydrogen (secondary N) is 2. The van der Waals surface area contributed by atoms with Gasteiger partial charge in [0.1, 0.15) is 0 Å². The van der Waals surface area contributed by atoms with Crippen LogP contribution in [0.25, 0.3) is 0 Å². The first-order valence-electron chi connectivity index (χ1n) is 9.60. The van der Waals surface area contributed by atoms with Crippen molar-refractivity contribution in [1.82, 2.24) is 29.6 Å². The highest BCUT2D eigenvalue weighted by molar-refractivity contribution is 14.0. The lowest BCUT2D eigenvalue weighted by molar-refractivity contribution is 0.222. The van der Waals surface area contributed by atoms with Crippen LogP contribution in [0.2, 0.25) is 0 Å². The highest BCUT2D eigenvalue weighted by atomic mass is 127. The van der Waals surface area contributed by atoms with E-state index in [0.29, 0.717) is 37.0 Å². The van der Waals surface area contributed by atoms with Crippen molar-refractivity contribution in [3.63, 3.8) is 0 Å². The van der Waals surface area contributed by atoms with Gasteiger partial charge in [-0.05, 0) is 24.7 Å². The Morgan fingerprint density at radius 2 is 1.73 bits per heavy atom. The first-order chi connectivity index (χ1) is 13.9. The molecule has 1 aliphatic rings. The second-order valence-corrected chi connectivity index (χ2v) is 8.95. The maximum Gasteiger partial charge on any atom is 0.243 e. The van der Waals surface area contributed by atoms with E-state index in [4.69, 9.17) is 0 Å². The van der Waals surface area contributed by atoms with Crippen molar-refractivity contribution in [3.05, 3.63) is 47.8 Å². The zero-order valence-corrected chi connectivity index (χ0v) is 20.7. The molecule has 2 aromatic rings. The maximum atomic E-state index is 13.2. The molecule has 0 aliphatic carbocycles. The van der Waals surface area contributed by atoms with Crippen LogP contribution in [-0.2, 0) is 30.2 Å². The van der Waals surface area contributed by atoms with Crippen LogP contribution in [0, 0.1) is 0 Å². The smallest absolute Gasteiger partial charge is 0.243 e. The fourth-order valence-electron chi connectivity index (χ4n) is 3.22. The number of likely N-dealkylation sites (N-methyl/N-ethyl adjacent to an activating group) is 1. The summed E-state index contributed by atoms with van der Waals surface area (Å²) in [4.78, 5) is 6.70. The van der Waals surface area contributed by atoms with Crippen molar-refractivity contribution in [1.29, 1.82) is 0 Å². The number of sulfonamides is 1. The Morgan fingerprint density at radius 3 is 2.37 bits per heavy atom. The molecule has 1 fully saturated rings. The van der Waals surface area contributed by atoms with Gasteiger partial charge in [0.25, 0.3) is 0 Å². The minimum Gasteiger partial charge on any atom is -0.352 e. The summed E-state index contributed by atoms with van der Waals surface area (Å²) in [5.74, 6) is 0.595. The van der Waals surface area contributed by atoms with E-state index < -0.39 is 10.0 Å². The number of aromatic nitrogens is 2. The lowest BCUT2D eigenvalue weighted by Crippen LogP contribution is -2.47. The van der Waals surface area contributed by atoms with Crippen molar-refractivity contribution < 1.29 is 8.42 Å². The molecule has 0 amide bonds. The average molecular weight is 547 g/mol. The number of nitrogens with zero attached hydrogens (tertiary/aromatic N) is 5. The number of benzene rings is 1. The van der Waals surface area contributed by atoms with Gasteiger partial charge in [0.05, 0.1) is 17.1 Å². The molecule has 0 radical (unpaired) electrons. The van der Waals surface area contributed by atoms with Crippen molar-refractivity contribution in [2.24, 2.45) is 12.0 Å². The first-order valence-corrected chi connectivity index (χ1v) is 11.0. The van der Waals surface area contributed by atoms with Crippen molar-refractivity contribution in [2.45, 2.75) is 18.0 Å². The number of halogens is 1. The average Bonchev–Trinajstić information content (AvgIpc) is 3.13. The van der Waals surface area contributed by atoms with Crippen molar-refractivity contribution >= 4 is 40.0 Å². The predicted molar refractivity (Wildman–Crippen MR) is 128 cm³/mol. The number of aliphatic imine (C=N–C) groups is 1. The molecule has 0 unspecified atom stereocenters. The Morgan fingerprint density at radius 1 is 1.07 bits per heavy atom. The lowest BCUT2D eigenvalue weighted by Gasteiger charge is -2.32. The van der Waals surface area contributed by atoms with Crippen molar-refractivity contribution in [2.75, 3.05) is 40.3 Å². The summed E-state index contributed by atoms with van der Waals surface area (Å²) in [5.41, 5.74) is 1.74. The highest BCUT2D eigenvalue weighted by Gasteiger charge is 2.29. The van der Waals surface area contributed by atoms with Crippen LogP contribution in [0.4, 0.5) is 0 Å². The normalized spacial score (nSPS) is 16.2. The molecular formula is C19H30IN7O2S. The zero-order chi connectivity index (χ0) is 20.9. The lowest BCUT2D eigenvalue weighted by atomic mass is 10.2. The van der Waals surface area contributed by atoms with Gasteiger partial charge >= 0.3 is 0 Å². The molecule has 0 spiro atoms. The Balaban J connectivity index is 0.00000320. The van der Waals surface area contributed by atoms with Crippen LogP contribution in [-0.4, -0.2) is 73.6 Å². The van der Waals surface area contributed by atoms with Crippen LogP contribution < -0.4 is 10.6 Å². The number of hydrogen-bond donors (Lipinski definition) is 2. The molecule has 0 saturated carbocycles. The second kappa shape index (κ2) is 11.1. The minimum atomic E-state index is -3.53. The molecular weight excluding hydrogens is 517 g/mol. The summed E-state index contributed by atoms with van der Waals surface area (Å²) >= 11 is 0. The van der Waals surface area contributed by atoms with E-state index in [1.54, 1.807) is 34.4 Å². The van der Waals surface area contributed by atoms with Gasteiger partial charge in [-0.3, -0.25) is 9.67 Å². The SMILES string of the molecule is CN=C(NCc1ccccc1S(=O)(=O)N1CCN(C)CC1)NCc1ccnn1C.I. The molecule has 166 valence electrons. The van der Waals surface area contributed by atoms with Crippen LogP contribution in [0.3, 0.4) is 0 Å². The Hall–Kier alpha value is -1.70. The number of guanidine groups is 1. The molecule has 30 heavy (non-hydrogen) atoms. The molecule has 1 saturated heterocycles. The summed E-state index contributed by atoms with van der Waals surface area (Å²) < 4.78 is 29.7. The first kappa shape index (κ1) is 24.6. The molecule has 1 aromatic carbocycles. The maximum absolute atomic E-state index is 13.2. The third-order valence-electron chi connectivity index (χ3n) is 5.08. The molecule has 11 heteroatoms. The van der Waals surface area contributed by atoms with Crippen LogP contribution in [0.1, 0.15) is 11.3 Å². The summed E-state index contributed by atoms with van der Waals surface area (Å²) in [6.07, 6.45) is 1.74. The molecule has 3 rings (SSSR count). The van der Waals surface area contributed by atoms with Gasteiger partial charge in [-0.25, -0.2) is 8.42 Å². The van der Waals surface area contributed by atoms with Gasteiger partial charge in [-0.2, -0.15) is 9.40 Å². The predicted octanol–water partition coefficient (Wildman–Crippen LogP) is 0.839. The van der Waals surface area contributed by atoms with E-state index in [1.165, 1.54) is 0 Å². The monoisotopic (exact) mass is 547 g/mol. The highest BCUT2D eigenvalue weighted by Crippen LogP contribution is 2.21. The van der Waals surface area contributed by atoms with Crippen LogP contribution >= 0.6 is 24.0 Å². The summed E-state index contributed by atoms with van der Waals surface area (Å²) in [6, 6.07) is 9.06. The Bertz CT molecular complexity index is 953. The van der Waals surface area contributed by atoms with Gasteiger partial charge in [0.2, 0.25) is 10.0 Å². The quantitative estimate of drug-likeness (QED) is 0.317. The van der Waals surface area contributed by atoms with Gasteiger partial charge in [-0.15, -0.1) is 24.0 Å². The largest absolute Gasteiger partial charge is 0.352 e. The van der Waals surface area contributed by atoms with E-state index in [9.17, 15) is 8.42 Å². The zero-order valence-electron chi connectivity index (χ0n) is 17.6. The third kappa shape index (κ3) is 5.93. The van der Waals surface area contributed by atoms with E-state index in [-0.39, 0.29) is 24.0 Å². The number of rotatable bonds is 6. The topological polar surface area (TPSA) is 94.9 Å². The third-order valence-corrected chi connectivity index (χ3v) is 7.08. The van der Waals surface area contributed by atoms with Crippen molar-refractivity contribution in [3.8, 4) is 0 Å². The Kier molecular flexibility index (Phi) is 9.07. The molecule has 2 N–H and O–H groups in total. The summed E-state index contributed by atoms with van der Waals surface area (Å²) in [5, 5.41) is 10.6. The fourth-order valence-corrected chi connectivity index (χ4v) is 4.86. The number of hydrogen-bond acceptors (Lipinski definition) is 5. The second-order valence-electron chi connectivity index (χ2n) is 7.04. The van der Waals surface area contributed by atoms with Gasteiger partial charge in [0.15, 0.2) is 5.96 Å². The van der Waals surface area contributed by atoms with Gasteiger partial charge in [0, 0.05) is 53.0 Å². The fraction of sp³-hybridized carbons (Fsp3) is 0.474. The molecule has 1 aliphatic heterocycles. The summed E-state index contributed by atoms with van der Waals surface area (Å²) in [6.45, 7) is 3.42. The van der Waals surface area contributed by atoms with Gasteiger partial charge in [-0.1, -0.05) is 18.2 Å². The molecule has 9 nitrogen and oxygen atoms in total. The Labute approximate surface area is 195 Å². The molecule has 0 atom stereocenters. The van der Waals surface area contributed by atoms with E-state index in [1.807, 2.05) is 32.3 Å². The molecule has 0 bridgehead atoms. The van der Waals surface area contributed by atoms with Gasteiger partial charge < -0.3 is 15.5 Å². The standard InChI is InChI=1S/C19H29N7O2S.HI/c1-20-19(22-15-17-8-9-23-25(17)3)21-14-16-6-4-5-7-18(16)29(27,28)26-12-10-24(2)11-13-26;/h4-9H,10-15H2,1-3H3,(H2,20,21,22);1H. The number of aryl methyl sites for hydroxylation is 1. The van der Waals surface area contributed by atoms with E-state index >= 15 is 0 Å². The molecule has 1 aromatic heterocycles. The van der Waals surface area contributed by atoms with E-state index in [0.717, 1.165) is 24.3 Å². The summed E-state index contributed by atoms with van der Waals surface area (Å²) in [7, 11) is 2.04. The van der Waals surface area contributed by atoms with Crippen LogP contribution in [0.15, 0.2) is 46.4 Å². The van der Waals surface area contributed by atoms with E-state index in [2.05, 4.69) is 25.6 Å². The minimum absolute atomic E-state index is 0. The van der Waals surface area contributed by atoms with Crippen LogP contribution in [0.5, 0.6) is 0 Å². The number of piperazine rings is 1.